The van der Waals surface area contributed by atoms with Crippen LogP contribution >= 0.6 is 28.3 Å². The number of benzene rings is 1. The van der Waals surface area contributed by atoms with Gasteiger partial charge < -0.3 is 10.1 Å². The first-order valence-corrected chi connectivity index (χ1v) is 7.56. The summed E-state index contributed by atoms with van der Waals surface area (Å²) in [5.74, 6) is -0.276. The van der Waals surface area contributed by atoms with E-state index in [1.165, 1.54) is 10.6 Å². The van der Waals surface area contributed by atoms with Crippen LogP contribution < -0.4 is 5.32 Å². The van der Waals surface area contributed by atoms with Crippen LogP contribution in [0.25, 0.3) is 10.6 Å². The van der Waals surface area contributed by atoms with Gasteiger partial charge in [-0.15, -0.1) is 28.3 Å². The van der Waals surface area contributed by atoms with Gasteiger partial charge in [0.05, 0.1) is 17.9 Å². The lowest BCUT2D eigenvalue weighted by atomic mass is 10.1. The summed E-state index contributed by atoms with van der Waals surface area (Å²) >= 11 is 1.72. The summed E-state index contributed by atoms with van der Waals surface area (Å²) in [6.45, 7) is 4.11. The molecule has 2 aromatic rings. The van der Waals surface area contributed by atoms with Crippen LogP contribution in [-0.4, -0.2) is 24.1 Å². The Labute approximate surface area is 138 Å². The molecule has 0 amide bonds. The minimum atomic E-state index is -0.276. The molecule has 1 N–H and O–H groups in total. The maximum Gasteiger partial charge on any atom is 0.338 e. The van der Waals surface area contributed by atoms with E-state index in [0.717, 1.165) is 30.1 Å². The number of esters is 1. The Hall–Kier alpha value is -1.24. The van der Waals surface area contributed by atoms with E-state index in [0.29, 0.717) is 12.2 Å². The Kier molecular flexibility index (Phi) is 5.50. The average Bonchev–Trinajstić information content (AvgIpc) is 2.91. The second kappa shape index (κ2) is 7.15. The maximum absolute atomic E-state index is 11.6. The molecule has 6 heteroatoms. The molecular weight excluding hydrogens is 352 g/mol. The first kappa shape index (κ1) is 16.1. The maximum atomic E-state index is 11.6. The first-order chi connectivity index (χ1) is 9.78. The molecule has 0 unspecified atom stereocenters. The molecule has 1 aliphatic heterocycles. The van der Waals surface area contributed by atoms with Crippen molar-refractivity contribution in [3.8, 4) is 10.6 Å². The van der Waals surface area contributed by atoms with Gasteiger partial charge in [0, 0.05) is 30.0 Å². The summed E-state index contributed by atoms with van der Waals surface area (Å²) in [4.78, 5) is 17.6. The molecule has 1 aliphatic rings. The van der Waals surface area contributed by atoms with E-state index < -0.39 is 0 Å². The van der Waals surface area contributed by atoms with Crippen molar-refractivity contribution in [3.63, 3.8) is 0 Å². The summed E-state index contributed by atoms with van der Waals surface area (Å²) in [5.41, 5.74) is 2.84. The predicted octanol–water partition coefficient (Wildman–Crippen LogP) is 3.21. The molecule has 1 aromatic heterocycles. The normalized spacial score (nSPS) is 13.2. The topological polar surface area (TPSA) is 51.2 Å². The van der Waals surface area contributed by atoms with Crippen LogP contribution in [0.2, 0.25) is 0 Å². The lowest BCUT2D eigenvalue weighted by molar-refractivity contribution is 0.0526. The molecule has 0 aliphatic carbocycles. The van der Waals surface area contributed by atoms with Gasteiger partial charge in [-0.1, -0.05) is 12.1 Å². The van der Waals surface area contributed by atoms with E-state index in [-0.39, 0.29) is 23.0 Å². The zero-order valence-corrected chi connectivity index (χ0v) is 14.2. The number of nitrogens with one attached hydrogen (secondary N) is 1. The zero-order chi connectivity index (χ0) is 13.9. The van der Waals surface area contributed by atoms with E-state index in [1.54, 1.807) is 30.4 Å². The molecule has 112 valence electrons. The summed E-state index contributed by atoms with van der Waals surface area (Å²) in [7, 11) is 0. The molecule has 3 rings (SSSR count). The summed E-state index contributed by atoms with van der Waals surface area (Å²) in [5, 5.41) is 4.38. The molecule has 0 atom stereocenters. The van der Waals surface area contributed by atoms with Crippen molar-refractivity contribution < 1.29 is 9.53 Å². The Balaban J connectivity index is 0.00000161. The van der Waals surface area contributed by atoms with Gasteiger partial charge in [-0.05, 0) is 19.1 Å². The van der Waals surface area contributed by atoms with Crippen molar-refractivity contribution >= 4 is 34.3 Å². The Bertz CT molecular complexity index is 602. The van der Waals surface area contributed by atoms with Crippen molar-refractivity contribution in [2.24, 2.45) is 0 Å². The van der Waals surface area contributed by atoms with E-state index in [1.807, 2.05) is 12.1 Å². The minimum absolute atomic E-state index is 0. The highest BCUT2D eigenvalue weighted by molar-refractivity contribution is 8.93. The fourth-order valence-corrected chi connectivity index (χ4v) is 3.30. The molecule has 0 radical (unpaired) electrons. The third kappa shape index (κ3) is 3.51. The third-order valence-corrected chi connectivity index (χ3v) is 4.39. The van der Waals surface area contributed by atoms with Gasteiger partial charge in [-0.25, -0.2) is 9.78 Å². The second-order valence-corrected chi connectivity index (χ2v) is 5.70. The van der Waals surface area contributed by atoms with Crippen LogP contribution in [0.1, 0.15) is 27.9 Å². The van der Waals surface area contributed by atoms with Gasteiger partial charge in [-0.3, -0.25) is 0 Å². The number of hydrogen-bond donors (Lipinski definition) is 1. The van der Waals surface area contributed by atoms with Crippen molar-refractivity contribution in [2.45, 2.75) is 19.9 Å². The van der Waals surface area contributed by atoms with E-state index in [2.05, 4.69) is 5.32 Å². The Morgan fingerprint density at radius 3 is 2.81 bits per heavy atom. The molecule has 2 heterocycles. The van der Waals surface area contributed by atoms with E-state index in [4.69, 9.17) is 9.72 Å². The molecule has 0 saturated carbocycles. The molecule has 0 spiro atoms. The monoisotopic (exact) mass is 368 g/mol. The van der Waals surface area contributed by atoms with Crippen molar-refractivity contribution in [3.05, 3.63) is 40.4 Å². The van der Waals surface area contributed by atoms with Crippen molar-refractivity contribution in [1.29, 1.82) is 0 Å². The van der Waals surface area contributed by atoms with Gasteiger partial charge in [0.2, 0.25) is 0 Å². The standard InChI is InChI=1S/C15H16N2O2S.BrH/c1-2-19-15(18)11-5-3-10(4-6-11)14-17-12-7-8-16-9-13(12)20-14;/h3-6,16H,2,7-9H2,1H3;1H. The van der Waals surface area contributed by atoms with Gasteiger partial charge in [0.25, 0.3) is 0 Å². The van der Waals surface area contributed by atoms with Crippen LogP contribution in [0.5, 0.6) is 0 Å². The third-order valence-electron chi connectivity index (χ3n) is 3.25. The lowest BCUT2D eigenvalue weighted by Gasteiger charge is -2.09. The fraction of sp³-hybridized carbons (Fsp3) is 0.333. The van der Waals surface area contributed by atoms with Crippen LogP contribution in [0, 0.1) is 0 Å². The molecular formula is C15H17BrN2O2S. The van der Waals surface area contributed by atoms with Gasteiger partial charge in [0.15, 0.2) is 0 Å². The fourth-order valence-electron chi connectivity index (χ4n) is 2.21. The van der Waals surface area contributed by atoms with E-state index in [9.17, 15) is 4.79 Å². The minimum Gasteiger partial charge on any atom is -0.462 e. The molecule has 4 nitrogen and oxygen atoms in total. The van der Waals surface area contributed by atoms with Crippen molar-refractivity contribution in [2.75, 3.05) is 13.2 Å². The number of carbonyl (C=O) groups is 1. The number of thiazole rings is 1. The van der Waals surface area contributed by atoms with Gasteiger partial charge in [-0.2, -0.15) is 0 Å². The molecule has 0 fully saturated rings. The van der Waals surface area contributed by atoms with Gasteiger partial charge >= 0.3 is 5.97 Å². The summed E-state index contributed by atoms with van der Waals surface area (Å²) in [6.07, 6.45) is 0.993. The Morgan fingerprint density at radius 2 is 2.14 bits per heavy atom. The number of carbonyl (C=O) groups excluding carboxylic acids is 1. The average molecular weight is 369 g/mol. The number of hydrogen-bond acceptors (Lipinski definition) is 5. The predicted molar refractivity (Wildman–Crippen MR) is 89.2 cm³/mol. The number of nitrogens with zero attached hydrogens (tertiary/aromatic N) is 1. The number of rotatable bonds is 3. The molecule has 0 bridgehead atoms. The van der Waals surface area contributed by atoms with Crippen LogP contribution in [0.3, 0.4) is 0 Å². The molecule has 1 aromatic carbocycles. The first-order valence-electron chi connectivity index (χ1n) is 6.75. The van der Waals surface area contributed by atoms with Crippen molar-refractivity contribution in [1.82, 2.24) is 10.3 Å². The summed E-state index contributed by atoms with van der Waals surface area (Å²) < 4.78 is 4.98. The number of halogens is 1. The molecule has 0 saturated heterocycles. The van der Waals surface area contributed by atoms with Crippen LogP contribution in [0.15, 0.2) is 24.3 Å². The second-order valence-electron chi connectivity index (χ2n) is 4.61. The van der Waals surface area contributed by atoms with Crippen LogP contribution in [-0.2, 0) is 17.7 Å². The van der Waals surface area contributed by atoms with Crippen LogP contribution in [0.4, 0.5) is 0 Å². The highest BCUT2D eigenvalue weighted by Gasteiger charge is 2.16. The quantitative estimate of drug-likeness (QED) is 0.845. The largest absolute Gasteiger partial charge is 0.462 e. The highest BCUT2D eigenvalue weighted by atomic mass is 79.9. The van der Waals surface area contributed by atoms with E-state index >= 15 is 0 Å². The zero-order valence-electron chi connectivity index (χ0n) is 11.7. The number of fused-ring (bicyclic) bond motifs is 1. The Morgan fingerprint density at radius 1 is 1.38 bits per heavy atom. The lowest BCUT2D eigenvalue weighted by Crippen LogP contribution is -2.22. The SMILES string of the molecule is Br.CCOC(=O)c1ccc(-c2nc3c(s2)CNCC3)cc1. The smallest absolute Gasteiger partial charge is 0.338 e. The number of ether oxygens (including phenoxy) is 1. The van der Waals surface area contributed by atoms with Gasteiger partial charge in [0.1, 0.15) is 5.01 Å². The molecule has 21 heavy (non-hydrogen) atoms. The summed E-state index contributed by atoms with van der Waals surface area (Å²) in [6, 6.07) is 7.46. The number of aromatic nitrogens is 1. The highest BCUT2D eigenvalue weighted by Crippen LogP contribution is 2.29.